The van der Waals surface area contributed by atoms with Gasteiger partial charge in [-0.1, -0.05) is 30.3 Å². The maximum Gasteiger partial charge on any atom is 0.238 e. The lowest BCUT2D eigenvalue weighted by Gasteiger charge is -2.22. The normalized spacial score (nSPS) is 18.4. The molecule has 0 saturated carbocycles. The van der Waals surface area contributed by atoms with Gasteiger partial charge in [0.1, 0.15) is 12.4 Å². The molecule has 0 aromatic heterocycles. The van der Waals surface area contributed by atoms with E-state index in [2.05, 4.69) is 5.32 Å². The molecule has 27 heavy (non-hydrogen) atoms. The topological polar surface area (TPSA) is 75.7 Å². The fourth-order valence-electron chi connectivity index (χ4n) is 3.05. The minimum atomic E-state index is -2.95. The molecule has 1 unspecified atom stereocenters. The number of hydrogen-bond acceptors (Lipinski definition) is 5. The second kappa shape index (κ2) is 8.54. The lowest BCUT2D eigenvalue weighted by Crippen LogP contribution is -2.38. The molecule has 2 aromatic carbocycles. The van der Waals surface area contributed by atoms with E-state index < -0.39 is 9.84 Å². The van der Waals surface area contributed by atoms with Crippen LogP contribution in [0.5, 0.6) is 5.75 Å². The Kier molecular flexibility index (Phi) is 6.13. The first-order valence-corrected chi connectivity index (χ1v) is 10.7. The summed E-state index contributed by atoms with van der Waals surface area (Å²) in [5, 5.41) is 2.83. The van der Waals surface area contributed by atoms with E-state index in [0.29, 0.717) is 18.7 Å². The van der Waals surface area contributed by atoms with Gasteiger partial charge in [0.2, 0.25) is 5.91 Å². The third-order valence-electron chi connectivity index (χ3n) is 4.61. The van der Waals surface area contributed by atoms with Gasteiger partial charge in [0, 0.05) is 11.7 Å². The van der Waals surface area contributed by atoms with Gasteiger partial charge in [-0.3, -0.25) is 9.69 Å². The molecule has 1 saturated heterocycles. The van der Waals surface area contributed by atoms with E-state index in [-0.39, 0.29) is 30.0 Å². The van der Waals surface area contributed by atoms with Crippen LogP contribution in [0.1, 0.15) is 12.0 Å². The summed E-state index contributed by atoms with van der Waals surface area (Å²) in [6, 6.07) is 17.0. The summed E-state index contributed by atoms with van der Waals surface area (Å²) in [6.45, 7) is 0.647. The van der Waals surface area contributed by atoms with Gasteiger partial charge >= 0.3 is 0 Å². The Morgan fingerprint density at radius 3 is 2.48 bits per heavy atom. The molecule has 1 fully saturated rings. The van der Waals surface area contributed by atoms with Crippen molar-refractivity contribution < 1.29 is 17.9 Å². The highest BCUT2D eigenvalue weighted by Gasteiger charge is 2.31. The molecule has 144 valence electrons. The van der Waals surface area contributed by atoms with E-state index in [1.165, 1.54) is 0 Å². The Morgan fingerprint density at radius 2 is 1.85 bits per heavy atom. The van der Waals surface area contributed by atoms with Gasteiger partial charge in [0.05, 0.1) is 18.1 Å². The van der Waals surface area contributed by atoms with E-state index in [0.717, 1.165) is 11.3 Å². The largest absolute Gasteiger partial charge is 0.489 e. The highest BCUT2D eigenvalue weighted by Crippen LogP contribution is 2.18. The fourth-order valence-corrected chi connectivity index (χ4v) is 4.86. The van der Waals surface area contributed by atoms with E-state index in [1.54, 1.807) is 24.1 Å². The molecular weight excluding hydrogens is 364 g/mol. The van der Waals surface area contributed by atoms with Gasteiger partial charge < -0.3 is 10.1 Å². The molecule has 6 nitrogen and oxygen atoms in total. The van der Waals surface area contributed by atoms with Crippen molar-refractivity contribution in [3.8, 4) is 5.75 Å². The van der Waals surface area contributed by atoms with Crippen LogP contribution in [-0.2, 0) is 21.2 Å². The molecule has 0 spiro atoms. The average molecular weight is 388 g/mol. The first-order chi connectivity index (χ1) is 12.9. The first kappa shape index (κ1) is 19.4. The number of nitrogens with zero attached hydrogens (tertiary/aromatic N) is 1. The van der Waals surface area contributed by atoms with Gasteiger partial charge in [-0.2, -0.15) is 0 Å². The lowest BCUT2D eigenvalue weighted by molar-refractivity contribution is -0.117. The number of nitrogens with one attached hydrogen (secondary N) is 1. The molecule has 1 N–H and O–H groups in total. The quantitative estimate of drug-likeness (QED) is 0.788. The minimum absolute atomic E-state index is 0.0884. The number of benzene rings is 2. The van der Waals surface area contributed by atoms with E-state index >= 15 is 0 Å². The van der Waals surface area contributed by atoms with Crippen LogP contribution in [0.4, 0.5) is 5.69 Å². The van der Waals surface area contributed by atoms with Crippen molar-refractivity contribution in [1.82, 2.24) is 4.90 Å². The van der Waals surface area contributed by atoms with Gasteiger partial charge in [0.25, 0.3) is 0 Å². The third kappa shape index (κ3) is 5.80. The van der Waals surface area contributed by atoms with Crippen molar-refractivity contribution in [2.45, 2.75) is 19.1 Å². The Balaban J connectivity index is 1.47. The summed E-state index contributed by atoms with van der Waals surface area (Å²) in [6.07, 6.45) is 0.583. The summed E-state index contributed by atoms with van der Waals surface area (Å²) in [7, 11) is -1.17. The maximum absolute atomic E-state index is 12.2. The van der Waals surface area contributed by atoms with Crippen LogP contribution < -0.4 is 10.1 Å². The minimum Gasteiger partial charge on any atom is -0.489 e. The van der Waals surface area contributed by atoms with Crippen molar-refractivity contribution >= 4 is 21.4 Å². The molecule has 2 aromatic rings. The van der Waals surface area contributed by atoms with Gasteiger partial charge in [-0.15, -0.1) is 0 Å². The van der Waals surface area contributed by atoms with Crippen LogP contribution in [-0.4, -0.2) is 50.4 Å². The maximum atomic E-state index is 12.2. The number of amides is 1. The van der Waals surface area contributed by atoms with Crippen molar-refractivity contribution in [1.29, 1.82) is 0 Å². The number of hydrogen-bond donors (Lipinski definition) is 1. The smallest absolute Gasteiger partial charge is 0.238 e. The summed E-state index contributed by atoms with van der Waals surface area (Å²) in [5.41, 5.74) is 1.77. The summed E-state index contributed by atoms with van der Waals surface area (Å²) < 4.78 is 28.8. The monoisotopic (exact) mass is 388 g/mol. The van der Waals surface area contributed by atoms with Crippen molar-refractivity contribution in [3.05, 3.63) is 60.2 Å². The molecule has 1 heterocycles. The standard InChI is InChI=1S/C20H24N2O4S/c1-22(18-11-12-27(24,25)15-18)13-20(23)21-17-7-9-19(10-8-17)26-14-16-5-3-2-4-6-16/h2-10,18H,11-15H2,1H3,(H,21,23). The van der Waals surface area contributed by atoms with Crippen molar-refractivity contribution in [2.75, 3.05) is 30.4 Å². The zero-order chi connectivity index (χ0) is 19.3. The van der Waals surface area contributed by atoms with Crippen LogP contribution in [0, 0.1) is 0 Å². The predicted octanol–water partition coefficient (Wildman–Crippen LogP) is 2.32. The molecule has 1 atom stereocenters. The van der Waals surface area contributed by atoms with Crippen molar-refractivity contribution in [2.24, 2.45) is 0 Å². The highest BCUT2D eigenvalue weighted by molar-refractivity contribution is 7.91. The molecule has 1 aliphatic heterocycles. The molecular formula is C20H24N2O4S. The fraction of sp³-hybridized carbons (Fsp3) is 0.350. The number of rotatable bonds is 7. The number of carbonyl (C=O) groups excluding carboxylic acids is 1. The third-order valence-corrected chi connectivity index (χ3v) is 6.36. The molecule has 1 amide bonds. The number of carbonyl (C=O) groups is 1. The van der Waals surface area contributed by atoms with Crippen LogP contribution in [0.15, 0.2) is 54.6 Å². The molecule has 3 rings (SSSR count). The Hall–Kier alpha value is -2.38. The molecule has 0 bridgehead atoms. The first-order valence-electron chi connectivity index (χ1n) is 8.88. The molecule has 0 radical (unpaired) electrons. The molecule has 1 aliphatic rings. The van der Waals surface area contributed by atoms with Crippen molar-refractivity contribution in [3.63, 3.8) is 0 Å². The SMILES string of the molecule is CN(CC(=O)Nc1ccc(OCc2ccccc2)cc1)C1CCS(=O)(=O)C1. The Labute approximate surface area is 160 Å². The number of sulfone groups is 1. The second-order valence-corrected chi connectivity index (χ2v) is 9.05. The average Bonchev–Trinajstić information content (AvgIpc) is 3.02. The van der Waals surface area contributed by atoms with Crippen LogP contribution in [0.3, 0.4) is 0 Å². The number of anilines is 1. The predicted molar refractivity (Wildman–Crippen MR) is 106 cm³/mol. The van der Waals surface area contributed by atoms with Gasteiger partial charge in [0.15, 0.2) is 9.84 Å². The van der Waals surface area contributed by atoms with E-state index in [9.17, 15) is 13.2 Å². The van der Waals surface area contributed by atoms with E-state index in [4.69, 9.17) is 4.74 Å². The molecule has 7 heteroatoms. The highest BCUT2D eigenvalue weighted by atomic mass is 32.2. The lowest BCUT2D eigenvalue weighted by atomic mass is 10.2. The van der Waals surface area contributed by atoms with Gasteiger partial charge in [-0.25, -0.2) is 8.42 Å². The van der Waals surface area contributed by atoms with E-state index in [1.807, 2.05) is 42.5 Å². The Morgan fingerprint density at radius 1 is 1.15 bits per heavy atom. The second-order valence-electron chi connectivity index (χ2n) is 6.82. The van der Waals surface area contributed by atoms with Gasteiger partial charge in [-0.05, 0) is 43.3 Å². The Bertz CT molecular complexity index is 867. The van der Waals surface area contributed by atoms with Crippen LogP contribution >= 0.6 is 0 Å². The zero-order valence-electron chi connectivity index (χ0n) is 15.3. The zero-order valence-corrected chi connectivity index (χ0v) is 16.1. The number of ether oxygens (including phenoxy) is 1. The molecule has 0 aliphatic carbocycles. The van der Waals surface area contributed by atoms with Crippen LogP contribution in [0.2, 0.25) is 0 Å². The number of likely N-dealkylation sites (N-methyl/N-ethyl adjacent to an activating group) is 1. The van der Waals surface area contributed by atoms with Crippen LogP contribution in [0.25, 0.3) is 0 Å². The summed E-state index contributed by atoms with van der Waals surface area (Å²) in [4.78, 5) is 14.0. The summed E-state index contributed by atoms with van der Waals surface area (Å²) >= 11 is 0. The summed E-state index contributed by atoms with van der Waals surface area (Å²) in [5.74, 6) is 0.892.